The summed E-state index contributed by atoms with van der Waals surface area (Å²) in [7, 11) is 0. The second-order valence-electron chi connectivity index (χ2n) is 5.47. The van der Waals surface area contributed by atoms with Crippen molar-refractivity contribution in [3.63, 3.8) is 0 Å². The van der Waals surface area contributed by atoms with Crippen LogP contribution in [0.2, 0.25) is 0 Å². The van der Waals surface area contributed by atoms with E-state index >= 15 is 0 Å². The molecule has 0 fully saturated rings. The molecule has 1 atom stereocenters. The SMILES string of the molecule is Cc1ccc(CC(CCl)CCOCC(C)C)cc1. The van der Waals surface area contributed by atoms with Crippen molar-refractivity contribution in [3.05, 3.63) is 35.4 Å². The molecule has 1 aromatic rings. The summed E-state index contributed by atoms with van der Waals surface area (Å²) in [5, 5.41) is 0. The van der Waals surface area contributed by atoms with Crippen molar-refractivity contribution in [2.75, 3.05) is 19.1 Å². The number of hydrogen-bond acceptors (Lipinski definition) is 1. The predicted molar refractivity (Wildman–Crippen MR) is 79.4 cm³/mol. The molecule has 0 spiro atoms. The van der Waals surface area contributed by atoms with Gasteiger partial charge in [-0.3, -0.25) is 0 Å². The highest BCUT2D eigenvalue weighted by atomic mass is 35.5. The molecule has 0 radical (unpaired) electrons. The summed E-state index contributed by atoms with van der Waals surface area (Å²) < 4.78 is 5.63. The summed E-state index contributed by atoms with van der Waals surface area (Å²) in [4.78, 5) is 0. The van der Waals surface area contributed by atoms with Crippen molar-refractivity contribution >= 4 is 11.6 Å². The summed E-state index contributed by atoms with van der Waals surface area (Å²) in [5.41, 5.74) is 2.68. The lowest BCUT2D eigenvalue weighted by Crippen LogP contribution is -2.12. The first-order valence-corrected chi connectivity index (χ1v) is 7.34. The molecule has 0 aliphatic carbocycles. The van der Waals surface area contributed by atoms with Crippen LogP contribution in [0.3, 0.4) is 0 Å². The maximum Gasteiger partial charge on any atom is 0.0488 e. The Morgan fingerprint density at radius 2 is 1.83 bits per heavy atom. The first-order chi connectivity index (χ1) is 8.61. The Morgan fingerprint density at radius 3 is 2.39 bits per heavy atom. The molecule has 0 aromatic heterocycles. The van der Waals surface area contributed by atoms with E-state index in [0.29, 0.717) is 17.7 Å². The second kappa shape index (κ2) is 8.55. The van der Waals surface area contributed by atoms with Gasteiger partial charge in [-0.2, -0.15) is 0 Å². The van der Waals surface area contributed by atoms with E-state index in [1.165, 1.54) is 11.1 Å². The highest BCUT2D eigenvalue weighted by molar-refractivity contribution is 6.18. The fourth-order valence-corrected chi connectivity index (χ4v) is 2.12. The van der Waals surface area contributed by atoms with Gasteiger partial charge < -0.3 is 4.74 Å². The van der Waals surface area contributed by atoms with Gasteiger partial charge in [0.1, 0.15) is 0 Å². The minimum atomic E-state index is 0.515. The van der Waals surface area contributed by atoms with E-state index in [1.807, 2.05) is 0 Å². The molecule has 0 saturated carbocycles. The summed E-state index contributed by atoms with van der Waals surface area (Å²) in [5.74, 6) is 1.83. The monoisotopic (exact) mass is 268 g/mol. The number of halogens is 1. The smallest absolute Gasteiger partial charge is 0.0488 e. The van der Waals surface area contributed by atoms with E-state index < -0.39 is 0 Å². The quantitative estimate of drug-likeness (QED) is 0.500. The Hall–Kier alpha value is -0.530. The minimum Gasteiger partial charge on any atom is -0.381 e. The van der Waals surface area contributed by atoms with Crippen LogP contribution < -0.4 is 0 Å². The van der Waals surface area contributed by atoms with Crippen LogP contribution in [0.25, 0.3) is 0 Å². The van der Waals surface area contributed by atoms with E-state index in [0.717, 1.165) is 26.1 Å². The van der Waals surface area contributed by atoms with E-state index in [2.05, 4.69) is 45.0 Å². The maximum atomic E-state index is 6.03. The molecule has 1 rings (SSSR count). The van der Waals surface area contributed by atoms with Gasteiger partial charge in [-0.15, -0.1) is 11.6 Å². The zero-order valence-electron chi connectivity index (χ0n) is 11.8. The number of alkyl halides is 1. The summed E-state index contributed by atoms with van der Waals surface area (Å²) in [6.45, 7) is 8.13. The normalized spacial score (nSPS) is 12.9. The van der Waals surface area contributed by atoms with Gasteiger partial charge in [0.05, 0.1) is 0 Å². The van der Waals surface area contributed by atoms with Gasteiger partial charge in [-0.05, 0) is 37.2 Å². The molecule has 1 aromatic carbocycles. The van der Waals surface area contributed by atoms with E-state index in [-0.39, 0.29) is 0 Å². The Bertz CT molecular complexity index is 318. The number of ether oxygens (including phenoxy) is 1. The van der Waals surface area contributed by atoms with Gasteiger partial charge in [0.25, 0.3) is 0 Å². The number of benzene rings is 1. The van der Waals surface area contributed by atoms with Gasteiger partial charge in [0.2, 0.25) is 0 Å². The van der Waals surface area contributed by atoms with Crippen molar-refractivity contribution < 1.29 is 4.74 Å². The van der Waals surface area contributed by atoms with Crippen LogP contribution in [0.4, 0.5) is 0 Å². The molecule has 0 saturated heterocycles. The summed E-state index contributed by atoms with van der Waals surface area (Å²) >= 11 is 6.03. The number of rotatable bonds is 8. The molecule has 102 valence electrons. The zero-order valence-corrected chi connectivity index (χ0v) is 12.5. The number of hydrogen-bond donors (Lipinski definition) is 0. The van der Waals surface area contributed by atoms with Crippen LogP contribution in [-0.4, -0.2) is 19.1 Å². The molecule has 0 aliphatic rings. The largest absolute Gasteiger partial charge is 0.381 e. The first kappa shape index (κ1) is 15.5. The topological polar surface area (TPSA) is 9.23 Å². The Kier molecular flexibility index (Phi) is 7.38. The summed E-state index contributed by atoms with van der Waals surface area (Å²) in [6.07, 6.45) is 2.10. The standard InChI is InChI=1S/C16H25ClO/c1-13(2)12-18-9-8-16(11-17)10-15-6-4-14(3)5-7-15/h4-7,13,16H,8-12H2,1-3H3. The minimum absolute atomic E-state index is 0.515. The molecule has 0 amide bonds. The third kappa shape index (κ3) is 6.42. The highest BCUT2D eigenvalue weighted by Gasteiger charge is 2.08. The third-order valence-electron chi connectivity index (χ3n) is 2.98. The fraction of sp³-hybridized carbons (Fsp3) is 0.625. The first-order valence-electron chi connectivity index (χ1n) is 6.81. The lowest BCUT2D eigenvalue weighted by Gasteiger charge is -2.15. The summed E-state index contributed by atoms with van der Waals surface area (Å²) in [6, 6.07) is 8.72. The average molecular weight is 269 g/mol. The Labute approximate surface area is 116 Å². The molecular formula is C16H25ClO. The Balaban J connectivity index is 2.30. The lowest BCUT2D eigenvalue weighted by atomic mass is 9.97. The van der Waals surface area contributed by atoms with Crippen LogP contribution in [0.15, 0.2) is 24.3 Å². The molecule has 0 bridgehead atoms. The molecule has 2 heteroatoms. The maximum absolute atomic E-state index is 6.03. The molecule has 18 heavy (non-hydrogen) atoms. The fourth-order valence-electron chi connectivity index (χ4n) is 1.86. The van der Waals surface area contributed by atoms with E-state index in [9.17, 15) is 0 Å². The van der Waals surface area contributed by atoms with Gasteiger partial charge in [-0.1, -0.05) is 43.7 Å². The van der Waals surface area contributed by atoms with E-state index in [4.69, 9.17) is 16.3 Å². The molecule has 0 aliphatic heterocycles. The van der Waals surface area contributed by atoms with Gasteiger partial charge in [0, 0.05) is 19.1 Å². The van der Waals surface area contributed by atoms with Gasteiger partial charge >= 0.3 is 0 Å². The van der Waals surface area contributed by atoms with Crippen molar-refractivity contribution in [1.82, 2.24) is 0 Å². The molecular weight excluding hydrogens is 244 g/mol. The van der Waals surface area contributed by atoms with Crippen LogP contribution in [0.5, 0.6) is 0 Å². The average Bonchev–Trinajstić information content (AvgIpc) is 2.35. The molecule has 1 unspecified atom stereocenters. The van der Waals surface area contributed by atoms with Crippen molar-refractivity contribution in [1.29, 1.82) is 0 Å². The van der Waals surface area contributed by atoms with Crippen molar-refractivity contribution in [3.8, 4) is 0 Å². The third-order valence-corrected chi connectivity index (χ3v) is 3.42. The highest BCUT2D eigenvalue weighted by Crippen LogP contribution is 2.15. The zero-order chi connectivity index (χ0) is 13.4. The molecule has 0 heterocycles. The van der Waals surface area contributed by atoms with Crippen molar-refractivity contribution in [2.24, 2.45) is 11.8 Å². The molecule has 0 N–H and O–H groups in total. The van der Waals surface area contributed by atoms with Crippen LogP contribution >= 0.6 is 11.6 Å². The second-order valence-corrected chi connectivity index (χ2v) is 5.78. The van der Waals surface area contributed by atoms with Crippen LogP contribution in [-0.2, 0) is 11.2 Å². The van der Waals surface area contributed by atoms with E-state index in [1.54, 1.807) is 0 Å². The van der Waals surface area contributed by atoms with Crippen LogP contribution in [0, 0.1) is 18.8 Å². The van der Waals surface area contributed by atoms with Crippen LogP contribution in [0.1, 0.15) is 31.4 Å². The van der Waals surface area contributed by atoms with Crippen molar-refractivity contribution in [2.45, 2.75) is 33.6 Å². The lowest BCUT2D eigenvalue weighted by molar-refractivity contribution is 0.0996. The number of aryl methyl sites for hydroxylation is 1. The Morgan fingerprint density at radius 1 is 1.17 bits per heavy atom. The van der Waals surface area contributed by atoms with Gasteiger partial charge in [-0.25, -0.2) is 0 Å². The van der Waals surface area contributed by atoms with Gasteiger partial charge in [0.15, 0.2) is 0 Å². The predicted octanol–water partition coefficient (Wildman–Crippen LogP) is 4.46. The molecule has 1 nitrogen and oxygen atoms in total.